The highest BCUT2D eigenvalue weighted by Crippen LogP contribution is 2.33. The third-order valence-electron chi connectivity index (χ3n) is 4.83. The molecule has 1 saturated heterocycles. The molecule has 8 heteroatoms. The van der Waals surface area contributed by atoms with E-state index in [2.05, 4.69) is 4.98 Å². The maximum atomic E-state index is 14.5. The number of piperidine rings is 1. The molecule has 0 unspecified atom stereocenters. The summed E-state index contributed by atoms with van der Waals surface area (Å²) in [6.07, 6.45) is 1.06. The van der Waals surface area contributed by atoms with Crippen molar-refractivity contribution in [3.8, 4) is 11.3 Å². The van der Waals surface area contributed by atoms with Crippen molar-refractivity contribution in [1.82, 2.24) is 4.98 Å². The second kappa shape index (κ2) is 6.53. The number of hydrogen-bond donors (Lipinski definition) is 1. The first-order valence-electron chi connectivity index (χ1n) is 8.58. The van der Waals surface area contributed by atoms with Crippen molar-refractivity contribution in [2.45, 2.75) is 25.3 Å². The minimum Gasteiger partial charge on any atom is -0.457 e. The lowest BCUT2D eigenvalue weighted by Gasteiger charge is -2.33. The normalized spacial score (nSPS) is 16.9. The number of nitrogens with zero attached hydrogens (tertiary/aromatic N) is 2. The van der Waals surface area contributed by atoms with Gasteiger partial charge >= 0.3 is 0 Å². The van der Waals surface area contributed by atoms with Gasteiger partial charge in [0.05, 0.1) is 24.1 Å². The van der Waals surface area contributed by atoms with Gasteiger partial charge in [0.25, 0.3) is 5.92 Å². The molecular weight excluding hydrogens is 362 g/mol. The van der Waals surface area contributed by atoms with Gasteiger partial charge in [0.15, 0.2) is 11.4 Å². The van der Waals surface area contributed by atoms with E-state index in [1.807, 2.05) is 0 Å². The lowest BCUT2D eigenvalue weighted by Crippen LogP contribution is -2.39. The van der Waals surface area contributed by atoms with E-state index in [0.29, 0.717) is 16.8 Å². The summed E-state index contributed by atoms with van der Waals surface area (Å²) >= 11 is 0. The topological polar surface area (TPSA) is 55.3 Å². The molecule has 0 bridgehead atoms. The number of fused-ring (bicyclic) bond motifs is 1. The molecule has 3 heterocycles. The maximum absolute atomic E-state index is 14.5. The van der Waals surface area contributed by atoms with Crippen LogP contribution in [0.15, 0.2) is 34.9 Å². The molecule has 0 amide bonds. The smallest absolute Gasteiger partial charge is 0.251 e. The van der Waals surface area contributed by atoms with E-state index in [9.17, 15) is 17.6 Å². The average Bonchev–Trinajstić information content (AvgIpc) is 3.08. The van der Waals surface area contributed by atoms with Crippen molar-refractivity contribution in [3.05, 3.63) is 47.9 Å². The Morgan fingerprint density at radius 3 is 2.48 bits per heavy atom. The lowest BCUT2D eigenvalue weighted by atomic mass is 10.1. The van der Waals surface area contributed by atoms with Gasteiger partial charge in [-0.3, -0.25) is 4.98 Å². The molecule has 142 valence electrons. The fraction of sp³-hybridized carbons (Fsp3) is 0.316. The fourth-order valence-corrected chi connectivity index (χ4v) is 3.29. The molecule has 0 aliphatic carbocycles. The van der Waals surface area contributed by atoms with Crippen molar-refractivity contribution in [1.29, 1.82) is 0 Å². The van der Waals surface area contributed by atoms with Crippen LogP contribution < -0.4 is 10.6 Å². The Balaban J connectivity index is 1.65. The van der Waals surface area contributed by atoms with Gasteiger partial charge in [0.2, 0.25) is 5.82 Å². The highest BCUT2D eigenvalue weighted by molar-refractivity contribution is 5.84. The van der Waals surface area contributed by atoms with Crippen molar-refractivity contribution in [2.24, 2.45) is 5.73 Å². The van der Waals surface area contributed by atoms with Crippen LogP contribution in [0.2, 0.25) is 0 Å². The summed E-state index contributed by atoms with van der Waals surface area (Å²) in [6.45, 7) is 0.520. The fourth-order valence-electron chi connectivity index (χ4n) is 3.29. The number of aromatic nitrogens is 1. The molecule has 3 aromatic rings. The zero-order chi connectivity index (χ0) is 19.2. The SMILES string of the molecule is NCc1cc2cc(-c3ccc(N4CCC(F)(F)CC4)cn3)c(F)c(F)c2o1. The second-order valence-electron chi connectivity index (χ2n) is 6.63. The molecule has 2 aromatic heterocycles. The van der Waals surface area contributed by atoms with Crippen LogP contribution in [0.5, 0.6) is 0 Å². The van der Waals surface area contributed by atoms with Crippen LogP contribution >= 0.6 is 0 Å². The first-order valence-corrected chi connectivity index (χ1v) is 8.58. The standard InChI is InChI=1S/C19H17F4N3O/c20-16-14(8-11-7-13(9-24)27-18(11)17(16)21)15-2-1-12(10-25-15)26-5-3-19(22,23)4-6-26/h1-2,7-8,10H,3-6,9,24H2. The van der Waals surface area contributed by atoms with E-state index in [-0.39, 0.29) is 49.3 Å². The van der Waals surface area contributed by atoms with Gasteiger partial charge in [0, 0.05) is 36.9 Å². The first-order chi connectivity index (χ1) is 12.9. The van der Waals surface area contributed by atoms with Crippen molar-refractivity contribution >= 4 is 16.7 Å². The van der Waals surface area contributed by atoms with E-state index in [1.54, 1.807) is 23.1 Å². The van der Waals surface area contributed by atoms with Crippen LogP contribution in [0.1, 0.15) is 18.6 Å². The van der Waals surface area contributed by atoms with Gasteiger partial charge in [-0.15, -0.1) is 0 Å². The number of nitrogens with two attached hydrogens (primary N) is 1. The number of benzene rings is 1. The van der Waals surface area contributed by atoms with Crippen LogP contribution in [-0.2, 0) is 6.54 Å². The van der Waals surface area contributed by atoms with Crippen LogP contribution in [-0.4, -0.2) is 24.0 Å². The predicted octanol–water partition coefficient (Wildman–Crippen LogP) is 4.47. The van der Waals surface area contributed by atoms with Gasteiger partial charge < -0.3 is 15.1 Å². The van der Waals surface area contributed by atoms with Crippen molar-refractivity contribution in [2.75, 3.05) is 18.0 Å². The first kappa shape index (κ1) is 17.8. The van der Waals surface area contributed by atoms with E-state index in [4.69, 9.17) is 10.2 Å². The Kier molecular flexibility index (Phi) is 4.30. The summed E-state index contributed by atoms with van der Waals surface area (Å²) in [5.41, 5.74) is 6.22. The summed E-state index contributed by atoms with van der Waals surface area (Å²) in [6, 6.07) is 6.24. The summed E-state index contributed by atoms with van der Waals surface area (Å²) in [4.78, 5) is 6.01. The highest BCUT2D eigenvalue weighted by Gasteiger charge is 2.34. The zero-order valence-corrected chi connectivity index (χ0v) is 14.3. The van der Waals surface area contributed by atoms with E-state index < -0.39 is 17.6 Å². The number of hydrogen-bond acceptors (Lipinski definition) is 4. The van der Waals surface area contributed by atoms with Crippen LogP contribution in [0.3, 0.4) is 0 Å². The van der Waals surface area contributed by atoms with Gasteiger partial charge in [-0.05, 0) is 24.3 Å². The van der Waals surface area contributed by atoms with E-state index in [1.165, 1.54) is 12.3 Å². The zero-order valence-electron chi connectivity index (χ0n) is 14.3. The number of pyridine rings is 1. The number of halogens is 4. The molecule has 1 aromatic carbocycles. The van der Waals surface area contributed by atoms with Gasteiger partial charge in [-0.25, -0.2) is 13.2 Å². The number of furan rings is 1. The Morgan fingerprint density at radius 2 is 1.85 bits per heavy atom. The van der Waals surface area contributed by atoms with Gasteiger partial charge in [-0.2, -0.15) is 4.39 Å². The minimum absolute atomic E-state index is 0.00102. The molecular formula is C19H17F4N3O. The molecule has 2 N–H and O–H groups in total. The van der Waals surface area contributed by atoms with Gasteiger partial charge in [0.1, 0.15) is 5.76 Å². The predicted molar refractivity (Wildman–Crippen MR) is 93.6 cm³/mol. The second-order valence-corrected chi connectivity index (χ2v) is 6.63. The molecule has 27 heavy (non-hydrogen) atoms. The van der Waals surface area contributed by atoms with Crippen molar-refractivity contribution in [3.63, 3.8) is 0 Å². The largest absolute Gasteiger partial charge is 0.457 e. The molecule has 4 rings (SSSR count). The third-order valence-corrected chi connectivity index (χ3v) is 4.83. The Morgan fingerprint density at radius 1 is 1.11 bits per heavy atom. The lowest BCUT2D eigenvalue weighted by molar-refractivity contribution is -0.0220. The summed E-state index contributed by atoms with van der Waals surface area (Å²) < 4.78 is 60.6. The monoisotopic (exact) mass is 379 g/mol. The molecule has 4 nitrogen and oxygen atoms in total. The molecule has 1 fully saturated rings. The van der Waals surface area contributed by atoms with Gasteiger partial charge in [-0.1, -0.05) is 0 Å². The molecule has 0 saturated carbocycles. The molecule has 1 aliphatic heterocycles. The van der Waals surface area contributed by atoms with Crippen molar-refractivity contribution < 1.29 is 22.0 Å². The molecule has 0 radical (unpaired) electrons. The Hall–Kier alpha value is -2.61. The third kappa shape index (κ3) is 3.25. The summed E-state index contributed by atoms with van der Waals surface area (Å²) in [5.74, 6) is -4.43. The molecule has 0 atom stereocenters. The summed E-state index contributed by atoms with van der Waals surface area (Å²) in [7, 11) is 0. The minimum atomic E-state index is -2.63. The van der Waals surface area contributed by atoms with Crippen LogP contribution in [0.25, 0.3) is 22.2 Å². The highest BCUT2D eigenvalue weighted by atomic mass is 19.3. The van der Waals surface area contributed by atoms with E-state index >= 15 is 0 Å². The van der Waals surface area contributed by atoms with E-state index in [0.717, 1.165) is 0 Å². The maximum Gasteiger partial charge on any atom is 0.251 e. The number of alkyl halides is 2. The number of anilines is 1. The Bertz CT molecular complexity index is 975. The van der Waals surface area contributed by atoms with Crippen LogP contribution in [0, 0.1) is 11.6 Å². The quantitative estimate of drug-likeness (QED) is 0.683. The average molecular weight is 379 g/mol. The summed E-state index contributed by atoms with van der Waals surface area (Å²) in [5, 5.41) is 0.397. The Labute approximate surface area is 152 Å². The number of rotatable bonds is 3. The van der Waals surface area contributed by atoms with Crippen LogP contribution in [0.4, 0.5) is 23.2 Å². The molecule has 0 spiro atoms. The molecule has 1 aliphatic rings.